The summed E-state index contributed by atoms with van der Waals surface area (Å²) in [6, 6.07) is -0.383. The van der Waals surface area contributed by atoms with Gasteiger partial charge in [0, 0.05) is 25.6 Å². The summed E-state index contributed by atoms with van der Waals surface area (Å²) in [7, 11) is 0. The Kier molecular flexibility index (Phi) is 3.84. The van der Waals surface area contributed by atoms with E-state index < -0.39 is 23.8 Å². The van der Waals surface area contributed by atoms with Gasteiger partial charge in [0.2, 0.25) is 0 Å². The highest BCUT2D eigenvalue weighted by atomic mass is 19.4. The summed E-state index contributed by atoms with van der Waals surface area (Å²) >= 11 is 0. The van der Waals surface area contributed by atoms with Gasteiger partial charge in [0.05, 0.1) is 6.04 Å². The number of carbonyl (C=O) groups excluding carboxylic acids is 2. The Balaban J connectivity index is 2.02. The van der Waals surface area contributed by atoms with E-state index >= 15 is 0 Å². The van der Waals surface area contributed by atoms with E-state index in [4.69, 9.17) is 4.74 Å². The first-order valence-electron chi connectivity index (χ1n) is 6.85. The van der Waals surface area contributed by atoms with E-state index in [1.807, 2.05) is 0 Å². The molecule has 2 rings (SSSR count). The zero-order valence-corrected chi connectivity index (χ0v) is 12.2. The minimum atomic E-state index is -4.87. The van der Waals surface area contributed by atoms with E-state index in [9.17, 15) is 22.8 Å². The molecule has 2 atom stereocenters. The number of amides is 2. The molecule has 2 aliphatic rings. The largest absolute Gasteiger partial charge is 0.471 e. The van der Waals surface area contributed by atoms with Gasteiger partial charge in [-0.15, -0.1) is 0 Å². The Morgan fingerprint density at radius 3 is 2.29 bits per heavy atom. The molecule has 5 nitrogen and oxygen atoms in total. The standard InChI is InChI=1S/C13H19F3N2O3/c1-12(2,3)21-11(20)18-5-4-8-6-17(7-9(8)18)10(19)13(14,15)16/h8-9H,4-7H2,1-3H3. The highest BCUT2D eigenvalue weighted by Gasteiger charge is 2.51. The summed E-state index contributed by atoms with van der Waals surface area (Å²) in [4.78, 5) is 25.6. The Morgan fingerprint density at radius 2 is 1.76 bits per heavy atom. The summed E-state index contributed by atoms with van der Waals surface area (Å²) < 4.78 is 42.6. The number of nitrogens with zero attached hydrogens (tertiary/aromatic N) is 2. The van der Waals surface area contributed by atoms with Gasteiger partial charge in [0.15, 0.2) is 0 Å². The van der Waals surface area contributed by atoms with E-state index in [-0.39, 0.29) is 25.0 Å². The summed E-state index contributed by atoms with van der Waals surface area (Å²) in [6.07, 6.45) is -4.81. The summed E-state index contributed by atoms with van der Waals surface area (Å²) in [5.41, 5.74) is -0.657. The van der Waals surface area contributed by atoms with Crippen molar-refractivity contribution in [2.24, 2.45) is 5.92 Å². The molecule has 0 N–H and O–H groups in total. The second-order valence-electron chi connectivity index (χ2n) is 6.50. The van der Waals surface area contributed by atoms with Gasteiger partial charge in [0.1, 0.15) is 5.60 Å². The van der Waals surface area contributed by atoms with Gasteiger partial charge in [-0.05, 0) is 27.2 Å². The van der Waals surface area contributed by atoms with Crippen LogP contribution in [0.5, 0.6) is 0 Å². The molecule has 21 heavy (non-hydrogen) atoms. The molecule has 8 heteroatoms. The van der Waals surface area contributed by atoms with E-state index in [0.717, 1.165) is 4.90 Å². The first-order valence-corrected chi connectivity index (χ1v) is 6.85. The Morgan fingerprint density at radius 1 is 1.14 bits per heavy atom. The average molecular weight is 308 g/mol. The highest BCUT2D eigenvalue weighted by Crippen LogP contribution is 2.34. The Labute approximate surface area is 121 Å². The zero-order valence-electron chi connectivity index (χ0n) is 12.2. The first kappa shape index (κ1) is 15.9. The van der Waals surface area contributed by atoms with Crippen molar-refractivity contribution in [1.29, 1.82) is 0 Å². The maximum absolute atomic E-state index is 12.5. The number of alkyl halides is 3. The number of ether oxygens (including phenoxy) is 1. The lowest BCUT2D eigenvalue weighted by Gasteiger charge is -2.28. The molecular weight excluding hydrogens is 289 g/mol. The van der Waals surface area contributed by atoms with E-state index in [0.29, 0.717) is 13.0 Å². The molecule has 0 aromatic rings. The minimum absolute atomic E-state index is 0.0440. The molecule has 0 saturated carbocycles. The fraction of sp³-hybridized carbons (Fsp3) is 0.846. The maximum Gasteiger partial charge on any atom is 0.471 e. The molecule has 0 bridgehead atoms. The van der Waals surface area contributed by atoms with Crippen LogP contribution < -0.4 is 0 Å². The third-order valence-corrected chi connectivity index (χ3v) is 3.71. The van der Waals surface area contributed by atoms with E-state index in [2.05, 4.69) is 0 Å². The Bertz CT molecular complexity index is 445. The van der Waals surface area contributed by atoms with Crippen LogP contribution in [-0.4, -0.2) is 59.3 Å². The van der Waals surface area contributed by atoms with Gasteiger partial charge in [0.25, 0.3) is 0 Å². The predicted molar refractivity (Wildman–Crippen MR) is 67.5 cm³/mol. The molecule has 2 saturated heterocycles. The van der Waals surface area contributed by atoms with Gasteiger partial charge >= 0.3 is 18.2 Å². The number of hydrogen-bond acceptors (Lipinski definition) is 3. The average Bonchev–Trinajstić information content (AvgIpc) is 2.82. The minimum Gasteiger partial charge on any atom is -0.444 e. The zero-order chi connectivity index (χ0) is 16.0. The van der Waals surface area contributed by atoms with E-state index in [1.54, 1.807) is 20.8 Å². The van der Waals surface area contributed by atoms with Crippen LogP contribution in [0.2, 0.25) is 0 Å². The molecule has 0 aromatic carbocycles. The van der Waals surface area contributed by atoms with Crippen molar-refractivity contribution in [1.82, 2.24) is 9.80 Å². The highest BCUT2D eigenvalue weighted by molar-refractivity contribution is 5.82. The summed E-state index contributed by atoms with van der Waals surface area (Å²) in [5, 5.41) is 0. The molecule has 2 amide bonds. The van der Waals surface area contributed by atoms with E-state index in [1.165, 1.54) is 4.90 Å². The Hall–Kier alpha value is -1.47. The van der Waals surface area contributed by atoms with Crippen LogP contribution in [0.15, 0.2) is 0 Å². The van der Waals surface area contributed by atoms with Crippen LogP contribution >= 0.6 is 0 Å². The number of hydrogen-bond donors (Lipinski definition) is 0. The topological polar surface area (TPSA) is 49.9 Å². The molecule has 0 radical (unpaired) electrons. The quantitative estimate of drug-likeness (QED) is 0.688. The summed E-state index contributed by atoms with van der Waals surface area (Å²) in [6.45, 7) is 5.61. The lowest BCUT2D eigenvalue weighted by molar-refractivity contribution is -0.184. The van der Waals surface area contributed by atoms with Crippen LogP contribution in [0.25, 0.3) is 0 Å². The third-order valence-electron chi connectivity index (χ3n) is 3.71. The molecule has 0 aliphatic carbocycles. The van der Waals surface area contributed by atoms with Crippen molar-refractivity contribution >= 4 is 12.0 Å². The molecule has 0 spiro atoms. The SMILES string of the molecule is CC(C)(C)OC(=O)N1CCC2CN(C(=O)C(F)(F)F)CC21. The molecule has 2 unspecified atom stereocenters. The van der Waals surface area contributed by atoms with Crippen molar-refractivity contribution in [3.05, 3.63) is 0 Å². The predicted octanol–water partition coefficient (Wildman–Crippen LogP) is 2.02. The van der Waals surface area contributed by atoms with Crippen LogP contribution in [0.4, 0.5) is 18.0 Å². The number of fused-ring (bicyclic) bond motifs is 1. The number of carbonyl (C=O) groups is 2. The third kappa shape index (κ3) is 3.41. The molecular formula is C13H19F3N2O3. The molecule has 2 heterocycles. The second kappa shape index (κ2) is 5.06. The van der Waals surface area contributed by atoms with Crippen LogP contribution in [0.3, 0.4) is 0 Å². The first-order chi connectivity index (χ1) is 9.49. The number of rotatable bonds is 0. The van der Waals surface area contributed by atoms with Gasteiger partial charge in [-0.2, -0.15) is 13.2 Å². The van der Waals surface area contributed by atoms with Gasteiger partial charge in [-0.25, -0.2) is 4.79 Å². The summed E-state index contributed by atoms with van der Waals surface area (Å²) in [5.74, 6) is -1.94. The smallest absolute Gasteiger partial charge is 0.444 e. The molecule has 0 aromatic heterocycles. The lowest BCUT2D eigenvalue weighted by Crippen LogP contribution is -2.45. The normalized spacial score (nSPS) is 26.0. The van der Waals surface area contributed by atoms with Crippen molar-refractivity contribution < 1.29 is 27.5 Å². The van der Waals surface area contributed by atoms with Crippen LogP contribution in [0, 0.1) is 5.92 Å². The second-order valence-corrected chi connectivity index (χ2v) is 6.50. The van der Waals surface area contributed by atoms with Crippen molar-refractivity contribution in [3.63, 3.8) is 0 Å². The van der Waals surface area contributed by atoms with Crippen LogP contribution in [-0.2, 0) is 9.53 Å². The fourth-order valence-electron chi connectivity index (χ4n) is 2.85. The number of likely N-dealkylation sites (tertiary alicyclic amines) is 2. The molecule has 2 fully saturated rings. The monoisotopic (exact) mass is 308 g/mol. The maximum atomic E-state index is 12.5. The van der Waals surface area contributed by atoms with Crippen molar-refractivity contribution in [2.45, 2.75) is 45.0 Å². The lowest BCUT2D eigenvalue weighted by atomic mass is 10.1. The van der Waals surface area contributed by atoms with Crippen molar-refractivity contribution in [2.75, 3.05) is 19.6 Å². The van der Waals surface area contributed by atoms with Gasteiger partial charge in [-0.1, -0.05) is 0 Å². The van der Waals surface area contributed by atoms with Crippen LogP contribution in [0.1, 0.15) is 27.2 Å². The van der Waals surface area contributed by atoms with Gasteiger partial charge in [-0.3, -0.25) is 4.79 Å². The fourth-order valence-corrected chi connectivity index (χ4v) is 2.85. The number of halogens is 3. The molecule has 120 valence electrons. The van der Waals surface area contributed by atoms with Gasteiger partial charge < -0.3 is 14.5 Å². The van der Waals surface area contributed by atoms with Crippen molar-refractivity contribution in [3.8, 4) is 0 Å². The molecule has 2 aliphatic heterocycles.